The molecule has 0 bridgehead atoms. The number of methoxy groups -OCH3 is 1. The molecule has 4 heteroatoms. The Morgan fingerprint density at radius 2 is 1.90 bits per heavy atom. The first-order chi connectivity index (χ1) is 10.3. The van der Waals surface area contributed by atoms with Crippen molar-refractivity contribution < 1.29 is 9.53 Å². The van der Waals surface area contributed by atoms with Crippen LogP contribution in [0.3, 0.4) is 0 Å². The molecule has 1 saturated carbocycles. The SMILES string of the molecule is COc1ccc(N(CCCN)C(=O)C2CCCCC2)cc1. The minimum atomic E-state index is 0.179. The molecule has 21 heavy (non-hydrogen) atoms. The van der Waals surface area contributed by atoms with Crippen LogP contribution in [-0.2, 0) is 4.79 Å². The van der Waals surface area contributed by atoms with Gasteiger partial charge in [-0.15, -0.1) is 0 Å². The van der Waals surface area contributed by atoms with Crippen molar-refractivity contribution in [3.8, 4) is 5.75 Å². The smallest absolute Gasteiger partial charge is 0.230 e. The zero-order valence-electron chi connectivity index (χ0n) is 12.9. The molecule has 0 saturated heterocycles. The molecule has 2 rings (SSSR count). The van der Waals surface area contributed by atoms with Crippen LogP contribution in [-0.4, -0.2) is 26.1 Å². The summed E-state index contributed by atoms with van der Waals surface area (Å²) in [5, 5.41) is 0. The van der Waals surface area contributed by atoms with E-state index in [0.717, 1.165) is 30.7 Å². The lowest BCUT2D eigenvalue weighted by molar-refractivity contribution is -0.123. The third kappa shape index (κ3) is 4.21. The van der Waals surface area contributed by atoms with E-state index in [9.17, 15) is 4.79 Å². The van der Waals surface area contributed by atoms with Gasteiger partial charge in [0.05, 0.1) is 7.11 Å². The van der Waals surface area contributed by atoms with E-state index in [1.54, 1.807) is 7.11 Å². The van der Waals surface area contributed by atoms with Gasteiger partial charge in [0.1, 0.15) is 5.75 Å². The number of hydrogen-bond acceptors (Lipinski definition) is 3. The maximum atomic E-state index is 12.8. The number of ether oxygens (including phenoxy) is 1. The van der Waals surface area contributed by atoms with Crippen molar-refractivity contribution >= 4 is 11.6 Å². The van der Waals surface area contributed by atoms with E-state index in [0.29, 0.717) is 13.1 Å². The number of anilines is 1. The Balaban J connectivity index is 2.13. The molecule has 0 aromatic heterocycles. The van der Waals surface area contributed by atoms with Crippen LogP contribution < -0.4 is 15.4 Å². The molecule has 1 aliphatic rings. The van der Waals surface area contributed by atoms with Crippen LogP contribution in [0.1, 0.15) is 38.5 Å². The Hall–Kier alpha value is -1.55. The van der Waals surface area contributed by atoms with Gasteiger partial charge in [-0.2, -0.15) is 0 Å². The largest absolute Gasteiger partial charge is 0.497 e. The molecule has 2 N–H and O–H groups in total. The fourth-order valence-electron chi connectivity index (χ4n) is 2.95. The van der Waals surface area contributed by atoms with Crippen LogP contribution >= 0.6 is 0 Å². The number of nitrogens with zero attached hydrogens (tertiary/aromatic N) is 1. The van der Waals surface area contributed by atoms with Gasteiger partial charge in [-0.1, -0.05) is 19.3 Å². The highest BCUT2D eigenvalue weighted by Gasteiger charge is 2.26. The maximum absolute atomic E-state index is 12.8. The summed E-state index contributed by atoms with van der Waals surface area (Å²) < 4.78 is 5.18. The number of hydrogen-bond donors (Lipinski definition) is 1. The Bertz CT molecular complexity index is 439. The van der Waals surface area contributed by atoms with Gasteiger partial charge >= 0.3 is 0 Å². The first-order valence-corrected chi connectivity index (χ1v) is 7.91. The average molecular weight is 290 g/mol. The van der Waals surface area contributed by atoms with Gasteiger partial charge in [0.15, 0.2) is 0 Å². The average Bonchev–Trinajstić information content (AvgIpc) is 2.56. The highest BCUT2D eigenvalue weighted by molar-refractivity contribution is 5.95. The van der Waals surface area contributed by atoms with Gasteiger partial charge in [-0.3, -0.25) is 4.79 Å². The fourth-order valence-corrected chi connectivity index (χ4v) is 2.95. The highest BCUT2D eigenvalue weighted by atomic mass is 16.5. The molecule has 0 spiro atoms. The number of amides is 1. The van der Waals surface area contributed by atoms with Crippen LogP contribution in [0.4, 0.5) is 5.69 Å². The quantitative estimate of drug-likeness (QED) is 0.876. The van der Waals surface area contributed by atoms with Crippen molar-refractivity contribution in [1.29, 1.82) is 0 Å². The van der Waals surface area contributed by atoms with E-state index in [4.69, 9.17) is 10.5 Å². The van der Waals surface area contributed by atoms with E-state index in [1.807, 2.05) is 29.2 Å². The van der Waals surface area contributed by atoms with Crippen LogP contribution in [0, 0.1) is 5.92 Å². The Labute approximate surface area is 127 Å². The summed E-state index contributed by atoms with van der Waals surface area (Å²) in [7, 11) is 1.65. The standard InChI is InChI=1S/C17H26N2O2/c1-21-16-10-8-15(9-11-16)19(13-5-12-18)17(20)14-6-3-2-4-7-14/h8-11,14H,2-7,12-13,18H2,1H3. The summed E-state index contributed by atoms with van der Waals surface area (Å²) in [5.41, 5.74) is 6.57. The van der Waals surface area contributed by atoms with Crippen molar-refractivity contribution in [2.75, 3.05) is 25.1 Å². The lowest BCUT2D eigenvalue weighted by atomic mass is 9.88. The van der Waals surface area contributed by atoms with Gasteiger partial charge in [-0.25, -0.2) is 0 Å². The summed E-state index contributed by atoms with van der Waals surface area (Å²) in [6.07, 6.45) is 6.47. The van der Waals surface area contributed by atoms with Gasteiger partial charge in [0.2, 0.25) is 5.91 Å². The first-order valence-electron chi connectivity index (χ1n) is 7.91. The van der Waals surface area contributed by atoms with Crippen LogP contribution in [0.5, 0.6) is 5.75 Å². The normalized spacial score (nSPS) is 15.7. The van der Waals surface area contributed by atoms with Gasteiger partial charge in [0.25, 0.3) is 0 Å². The van der Waals surface area contributed by atoms with Crippen molar-refractivity contribution in [3.05, 3.63) is 24.3 Å². The molecule has 0 unspecified atom stereocenters. The third-order valence-electron chi connectivity index (χ3n) is 4.19. The number of nitrogens with two attached hydrogens (primary N) is 1. The first kappa shape index (κ1) is 15.8. The number of rotatable bonds is 6. The van der Waals surface area contributed by atoms with Gasteiger partial charge in [-0.05, 0) is 50.1 Å². The van der Waals surface area contributed by atoms with Crippen LogP contribution in [0.25, 0.3) is 0 Å². The summed E-state index contributed by atoms with van der Waals surface area (Å²) in [6.45, 7) is 1.29. The third-order valence-corrected chi connectivity index (χ3v) is 4.19. The summed E-state index contributed by atoms with van der Waals surface area (Å²) in [5.74, 6) is 1.24. The van der Waals surface area contributed by atoms with Gasteiger partial charge in [0, 0.05) is 18.2 Å². The molecule has 0 atom stereocenters. The lowest BCUT2D eigenvalue weighted by Crippen LogP contribution is -2.38. The molecule has 1 amide bonds. The van der Waals surface area contributed by atoms with E-state index in [-0.39, 0.29) is 11.8 Å². The zero-order valence-corrected chi connectivity index (χ0v) is 12.9. The second-order valence-electron chi connectivity index (χ2n) is 5.67. The molecular weight excluding hydrogens is 264 g/mol. The van der Waals surface area contributed by atoms with E-state index >= 15 is 0 Å². The number of carbonyl (C=O) groups excluding carboxylic acids is 1. The predicted molar refractivity (Wildman–Crippen MR) is 85.6 cm³/mol. The Kier molecular flexibility index (Phi) is 6.05. The Morgan fingerprint density at radius 3 is 2.48 bits per heavy atom. The monoisotopic (exact) mass is 290 g/mol. The molecule has 0 radical (unpaired) electrons. The molecule has 116 valence electrons. The maximum Gasteiger partial charge on any atom is 0.230 e. The molecule has 1 fully saturated rings. The Morgan fingerprint density at radius 1 is 1.24 bits per heavy atom. The topological polar surface area (TPSA) is 55.6 Å². The number of carbonyl (C=O) groups is 1. The number of benzene rings is 1. The van der Waals surface area contributed by atoms with Crippen LogP contribution in [0.15, 0.2) is 24.3 Å². The predicted octanol–water partition coefficient (Wildman–Crippen LogP) is 2.96. The van der Waals surface area contributed by atoms with Crippen molar-refractivity contribution in [2.24, 2.45) is 11.7 Å². The second-order valence-corrected chi connectivity index (χ2v) is 5.67. The summed E-state index contributed by atoms with van der Waals surface area (Å²) >= 11 is 0. The second kappa shape index (κ2) is 8.03. The molecule has 0 heterocycles. The highest BCUT2D eigenvalue weighted by Crippen LogP contribution is 2.28. The summed E-state index contributed by atoms with van der Waals surface area (Å²) in [4.78, 5) is 14.7. The van der Waals surface area contributed by atoms with E-state index < -0.39 is 0 Å². The molecule has 0 aliphatic heterocycles. The van der Waals surface area contributed by atoms with E-state index in [1.165, 1.54) is 19.3 Å². The molecule has 1 aromatic rings. The molecule has 1 aliphatic carbocycles. The van der Waals surface area contributed by atoms with Gasteiger partial charge < -0.3 is 15.4 Å². The van der Waals surface area contributed by atoms with Crippen molar-refractivity contribution in [2.45, 2.75) is 38.5 Å². The molecule has 1 aromatic carbocycles. The molecule has 4 nitrogen and oxygen atoms in total. The minimum Gasteiger partial charge on any atom is -0.497 e. The fraction of sp³-hybridized carbons (Fsp3) is 0.588. The van der Waals surface area contributed by atoms with Crippen LogP contribution in [0.2, 0.25) is 0 Å². The lowest BCUT2D eigenvalue weighted by Gasteiger charge is -2.29. The van der Waals surface area contributed by atoms with E-state index in [2.05, 4.69) is 0 Å². The summed E-state index contributed by atoms with van der Waals surface area (Å²) in [6, 6.07) is 7.71. The zero-order chi connectivity index (χ0) is 15.1. The van der Waals surface area contributed by atoms with Crippen molar-refractivity contribution in [1.82, 2.24) is 0 Å². The molecular formula is C17H26N2O2. The minimum absolute atomic E-state index is 0.179. The van der Waals surface area contributed by atoms with Crippen molar-refractivity contribution in [3.63, 3.8) is 0 Å².